The standard InChI is InChI=1S/C21H36N4OS.HI/c1-5-17(6-2)20(26)25-11-8-19(9-12-25)24-21(22-7-3)23-14-16(4)18-10-13-27-15-18;/h10,13,15-17,19H,5-9,11-12,14H2,1-4H3,(H2,22,23,24);1H. The zero-order valence-electron chi connectivity index (χ0n) is 17.7. The van der Waals surface area contributed by atoms with Gasteiger partial charge in [0.15, 0.2) is 5.96 Å². The van der Waals surface area contributed by atoms with Crippen LogP contribution in [0.5, 0.6) is 0 Å². The van der Waals surface area contributed by atoms with Crippen LogP contribution in [0.1, 0.15) is 64.9 Å². The Bertz CT molecular complexity index is 581. The second kappa shape index (κ2) is 13.4. The van der Waals surface area contributed by atoms with Crippen molar-refractivity contribution in [3.05, 3.63) is 22.4 Å². The first kappa shape index (κ1) is 25.2. The number of carbonyl (C=O) groups excluding carboxylic acids is 1. The second-order valence-corrected chi connectivity index (χ2v) is 8.21. The lowest BCUT2D eigenvalue weighted by atomic mass is 9.98. The van der Waals surface area contributed by atoms with Crippen LogP contribution in [0, 0.1) is 5.92 Å². The van der Waals surface area contributed by atoms with Crippen molar-refractivity contribution in [2.75, 3.05) is 26.2 Å². The van der Waals surface area contributed by atoms with Crippen molar-refractivity contribution in [1.29, 1.82) is 0 Å². The maximum Gasteiger partial charge on any atom is 0.225 e. The molecule has 0 aliphatic carbocycles. The van der Waals surface area contributed by atoms with E-state index in [1.165, 1.54) is 5.56 Å². The summed E-state index contributed by atoms with van der Waals surface area (Å²) in [6.45, 7) is 11.8. The van der Waals surface area contributed by atoms with Gasteiger partial charge in [0.25, 0.3) is 0 Å². The Labute approximate surface area is 191 Å². The van der Waals surface area contributed by atoms with E-state index >= 15 is 0 Å². The Balaban J connectivity index is 0.00000392. The topological polar surface area (TPSA) is 56.7 Å². The summed E-state index contributed by atoms with van der Waals surface area (Å²) in [6.07, 6.45) is 3.84. The summed E-state index contributed by atoms with van der Waals surface area (Å²) >= 11 is 1.74. The first-order valence-corrected chi connectivity index (χ1v) is 11.4. The predicted molar refractivity (Wildman–Crippen MR) is 131 cm³/mol. The number of halogens is 1. The summed E-state index contributed by atoms with van der Waals surface area (Å²) in [5, 5.41) is 11.3. The SMILES string of the molecule is CCNC(=NCC(C)c1ccsc1)NC1CCN(C(=O)C(CC)CC)CC1.I. The van der Waals surface area contributed by atoms with Crippen LogP contribution in [0.25, 0.3) is 0 Å². The Morgan fingerprint density at radius 2 is 1.96 bits per heavy atom. The average Bonchev–Trinajstić information content (AvgIpc) is 3.22. The third kappa shape index (κ3) is 7.54. The minimum Gasteiger partial charge on any atom is -0.357 e. The highest BCUT2D eigenvalue weighted by atomic mass is 127. The molecule has 1 aliphatic heterocycles. The average molecular weight is 521 g/mol. The van der Waals surface area contributed by atoms with Crippen molar-refractivity contribution >= 4 is 47.2 Å². The molecule has 7 heteroatoms. The maximum absolute atomic E-state index is 12.6. The van der Waals surface area contributed by atoms with Crippen molar-refractivity contribution in [3.8, 4) is 0 Å². The lowest BCUT2D eigenvalue weighted by molar-refractivity contribution is -0.136. The molecule has 1 aliphatic rings. The summed E-state index contributed by atoms with van der Waals surface area (Å²) in [5.41, 5.74) is 1.35. The quantitative estimate of drug-likeness (QED) is 0.303. The zero-order chi connectivity index (χ0) is 19.6. The van der Waals surface area contributed by atoms with E-state index in [2.05, 4.69) is 60.1 Å². The number of hydrogen-bond donors (Lipinski definition) is 2. The fourth-order valence-corrected chi connectivity index (χ4v) is 4.33. The summed E-state index contributed by atoms with van der Waals surface area (Å²) in [7, 11) is 0. The van der Waals surface area contributed by atoms with Crippen molar-refractivity contribution in [3.63, 3.8) is 0 Å². The number of aliphatic imine (C=N–C) groups is 1. The van der Waals surface area contributed by atoms with Crippen molar-refractivity contribution in [2.24, 2.45) is 10.9 Å². The van der Waals surface area contributed by atoms with E-state index in [0.717, 1.165) is 57.8 Å². The molecule has 2 rings (SSSR count). The first-order valence-electron chi connectivity index (χ1n) is 10.4. The van der Waals surface area contributed by atoms with Gasteiger partial charge in [-0.3, -0.25) is 9.79 Å². The Morgan fingerprint density at radius 3 is 2.50 bits per heavy atom. The molecular formula is C21H37IN4OS. The van der Waals surface area contributed by atoms with E-state index in [1.54, 1.807) is 11.3 Å². The molecule has 0 spiro atoms. The van der Waals surface area contributed by atoms with Gasteiger partial charge in [-0.05, 0) is 55.0 Å². The van der Waals surface area contributed by atoms with Gasteiger partial charge >= 0.3 is 0 Å². The molecule has 0 saturated carbocycles. The number of nitrogens with one attached hydrogen (secondary N) is 2. The molecule has 1 atom stereocenters. The smallest absolute Gasteiger partial charge is 0.225 e. The Morgan fingerprint density at radius 1 is 1.29 bits per heavy atom. The van der Waals surface area contributed by atoms with Gasteiger partial charge < -0.3 is 15.5 Å². The Hall–Kier alpha value is -0.830. The fourth-order valence-electron chi connectivity index (χ4n) is 3.54. The van der Waals surface area contributed by atoms with Crippen LogP contribution in [0.4, 0.5) is 0 Å². The third-order valence-electron chi connectivity index (χ3n) is 5.46. The minimum atomic E-state index is 0. The zero-order valence-corrected chi connectivity index (χ0v) is 20.9. The van der Waals surface area contributed by atoms with Crippen molar-refractivity contribution in [2.45, 2.75) is 65.3 Å². The van der Waals surface area contributed by atoms with Crippen molar-refractivity contribution in [1.82, 2.24) is 15.5 Å². The van der Waals surface area contributed by atoms with E-state index in [-0.39, 0.29) is 29.9 Å². The monoisotopic (exact) mass is 520 g/mol. The van der Waals surface area contributed by atoms with E-state index < -0.39 is 0 Å². The highest BCUT2D eigenvalue weighted by Crippen LogP contribution is 2.19. The van der Waals surface area contributed by atoms with Crippen LogP contribution in [-0.2, 0) is 4.79 Å². The number of guanidine groups is 1. The molecule has 1 aromatic rings. The highest BCUT2D eigenvalue weighted by Gasteiger charge is 2.26. The number of carbonyl (C=O) groups is 1. The normalized spacial score (nSPS) is 16.6. The number of amides is 1. The van der Waals surface area contributed by atoms with Crippen LogP contribution in [0.3, 0.4) is 0 Å². The summed E-state index contributed by atoms with van der Waals surface area (Å²) in [6, 6.07) is 2.56. The largest absolute Gasteiger partial charge is 0.357 e. The Kier molecular flexibility index (Phi) is 12.1. The highest BCUT2D eigenvalue weighted by molar-refractivity contribution is 14.0. The van der Waals surface area contributed by atoms with Gasteiger partial charge in [-0.25, -0.2) is 0 Å². The molecule has 1 saturated heterocycles. The van der Waals surface area contributed by atoms with Crippen LogP contribution in [-0.4, -0.2) is 49.0 Å². The summed E-state index contributed by atoms with van der Waals surface area (Å²) in [4.78, 5) is 19.4. The van der Waals surface area contributed by atoms with Gasteiger partial charge in [-0.15, -0.1) is 24.0 Å². The number of nitrogens with zero attached hydrogens (tertiary/aromatic N) is 2. The van der Waals surface area contributed by atoms with Crippen molar-refractivity contribution < 1.29 is 4.79 Å². The molecule has 1 fully saturated rings. The molecule has 0 radical (unpaired) electrons. The van der Waals surface area contributed by atoms with Crippen LogP contribution in [0.15, 0.2) is 21.8 Å². The molecule has 0 aromatic carbocycles. The van der Waals surface area contributed by atoms with Crippen LogP contribution < -0.4 is 10.6 Å². The van der Waals surface area contributed by atoms with E-state index in [4.69, 9.17) is 4.99 Å². The van der Waals surface area contributed by atoms with E-state index in [0.29, 0.717) is 17.9 Å². The van der Waals surface area contributed by atoms with Gasteiger partial charge in [0.2, 0.25) is 5.91 Å². The van der Waals surface area contributed by atoms with E-state index in [9.17, 15) is 4.79 Å². The molecule has 28 heavy (non-hydrogen) atoms. The van der Waals surface area contributed by atoms with Gasteiger partial charge in [0.1, 0.15) is 0 Å². The lowest BCUT2D eigenvalue weighted by Gasteiger charge is -2.35. The number of piperidine rings is 1. The first-order chi connectivity index (χ1) is 13.1. The van der Waals surface area contributed by atoms with Gasteiger partial charge in [0.05, 0.1) is 0 Å². The molecule has 2 N–H and O–H groups in total. The predicted octanol–water partition coefficient (Wildman–Crippen LogP) is 4.45. The fraction of sp³-hybridized carbons (Fsp3) is 0.714. The second-order valence-electron chi connectivity index (χ2n) is 7.43. The van der Waals surface area contributed by atoms with Crippen LogP contribution in [0.2, 0.25) is 0 Å². The van der Waals surface area contributed by atoms with Gasteiger partial charge in [-0.2, -0.15) is 11.3 Å². The van der Waals surface area contributed by atoms with Gasteiger partial charge in [-0.1, -0.05) is 20.8 Å². The molecule has 1 aromatic heterocycles. The molecule has 5 nitrogen and oxygen atoms in total. The molecule has 160 valence electrons. The number of thiophene rings is 1. The lowest BCUT2D eigenvalue weighted by Crippen LogP contribution is -2.50. The molecule has 1 unspecified atom stereocenters. The molecule has 0 bridgehead atoms. The van der Waals surface area contributed by atoms with Gasteiger partial charge in [0, 0.05) is 44.1 Å². The number of likely N-dealkylation sites (tertiary alicyclic amines) is 1. The summed E-state index contributed by atoms with van der Waals surface area (Å²) in [5.74, 6) is 1.84. The van der Waals surface area contributed by atoms with Crippen LogP contribution >= 0.6 is 35.3 Å². The third-order valence-corrected chi connectivity index (χ3v) is 6.16. The maximum atomic E-state index is 12.6. The molecular weight excluding hydrogens is 483 g/mol. The minimum absolute atomic E-state index is 0. The number of rotatable bonds is 8. The van der Waals surface area contributed by atoms with E-state index in [1.807, 2.05) is 0 Å². The summed E-state index contributed by atoms with van der Waals surface area (Å²) < 4.78 is 0. The number of hydrogen-bond acceptors (Lipinski definition) is 3. The molecule has 2 heterocycles. The molecule has 1 amide bonds.